The fourth-order valence-corrected chi connectivity index (χ4v) is 5.27. The molecule has 1 aromatic heterocycles. The summed E-state index contributed by atoms with van der Waals surface area (Å²) in [5.41, 5.74) is 1.04. The second-order valence-corrected chi connectivity index (χ2v) is 8.95. The maximum atomic E-state index is 12.3. The van der Waals surface area contributed by atoms with Gasteiger partial charge in [0.15, 0.2) is 0 Å². The topological polar surface area (TPSA) is 58.2 Å². The Morgan fingerprint density at radius 2 is 2.19 bits per heavy atom. The molecule has 0 radical (unpaired) electrons. The first-order valence-electron chi connectivity index (χ1n) is 7.79. The van der Waals surface area contributed by atoms with E-state index in [-0.39, 0.29) is 0 Å². The number of nitrogens with one attached hydrogen (secondary N) is 2. The molecule has 1 aliphatic rings. The van der Waals surface area contributed by atoms with Crippen molar-refractivity contribution in [2.45, 2.75) is 50.3 Å². The molecule has 4 nitrogen and oxygen atoms in total. The average molecular weight is 331 g/mol. The molecule has 1 aliphatic carbocycles. The van der Waals surface area contributed by atoms with Crippen LogP contribution in [0.4, 0.5) is 0 Å². The van der Waals surface area contributed by atoms with Crippen LogP contribution in [0, 0.1) is 11.8 Å². The van der Waals surface area contributed by atoms with Crippen LogP contribution in [0.15, 0.2) is 15.7 Å². The Hall–Kier alpha value is -0.430. The van der Waals surface area contributed by atoms with E-state index in [0.717, 1.165) is 37.4 Å². The van der Waals surface area contributed by atoms with Crippen molar-refractivity contribution in [3.63, 3.8) is 0 Å². The first-order valence-corrected chi connectivity index (χ1v) is 10.2. The Labute approximate surface area is 132 Å². The molecule has 120 valence electrons. The minimum atomic E-state index is -3.34. The van der Waals surface area contributed by atoms with Crippen molar-refractivity contribution < 1.29 is 8.42 Å². The summed E-state index contributed by atoms with van der Waals surface area (Å²) in [6, 6.07) is 1.78. The summed E-state index contributed by atoms with van der Waals surface area (Å²) in [6.45, 7) is 6.48. The van der Waals surface area contributed by atoms with Gasteiger partial charge in [0.1, 0.15) is 4.21 Å². The van der Waals surface area contributed by atoms with E-state index in [4.69, 9.17) is 0 Å². The van der Waals surface area contributed by atoms with Crippen molar-refractivity contribution in [2.24, 2.45) is 11.8 Å². The fourth-order valence-electron chi connectivity index (χ4n) is 2.90. The minimum Gasteiger partial charge on any atom is -0.313 e. The van der Waals surface area contributed by atoms with Gasteiger partial charge in [-0.25, -0.2) is 13.1 Å². The summed E-state index contributed by atoms with van der Waals surface area (Å²) in [6.07, 6.45) is 4.78. The van der Waals surface area contributed by atoms with E-state index >= 15 is 0 Å². The van der Waals surface area contributed by atoms with Gasteiger partial charge >= 0.3 is 0 Å². The predicted molar refractivity (Wildman–Crippen MR) is 88.0 cm³/mol. The third-order valence-electron chi connectivity index (χ3n) is 4.08. The SMILES string of the molecule is CCNCc1csc(S(=O)(=O)NCC2CCCC(C)C2)c1. The molecule has 2 unspecified atom stereocenters. The van der Waals surface area contributed by atoms with Gasteiger partial charge in [0.25, 0.3) is 0 Å². The summed E-state index contributed by atoms with van der Waals surface area (Å²) in [4.78, 5) is 0. The molecular formula is C15H26N2O2S2. The standard InChI is InChI=1S/C15H26N2O2S2/c1-3-16-9-14-8-15(20-11-14)21(18,19)17-10-13-6-4-5-12(2)7-13/h8,11-13,16-17H,3-7,9-10H2,1-2H3. The second kappa shape index (κ2) is 7.72. The lowest BCUT2D eigenvalue weighted by Crippen LogP contribution is -2.31. The van der Waals surface area contributed by atoms with Gasteiger partial charge in [-0.2, -0.15) is 0 Å². The molecule has 2 rings (SSSR count). The largest absolute Gasteiger partial charge is 0.313 e. The summed E-state index contributed by atoms with van der Waals surface area (Å²) < 4.78 is 27.9. The third-order valence-corrected chi connectivity index (χ3v) is 6.99. The minimum absolute atomic E-state index is 0.430. The zero-order valence-electron chi connectivity index (χ0n) is 12.9. The van der Waals surface area contributed by atoms with Crippen LogP contribution in [0.1, 0.15) is 45.1 Å². The number of hydrogen-bond acceptors (Lipinski definition) is 4. The smallest absolute Gasteiger partial charge is 0.250 e. The van der Waals surface area contributed by atoms with Crippen molar-refractivity contribution in [1.82, 2.24) is 10.0 Å². The molecule has 2 atom stereocenters. The molecule has 0 amide bonds. The molecule has 1 saturated carbocycles. The normalized spacial score (nSPS) is 23.3. The van der Waals surface area contributed by atoms with E-state index < -0.39 is 10.0 Å². The average Bonchev–Trinajstić information content (AvgIpc) is 2.93. The Bertz CT molecular complexity index is 540. The monoisotopic (exact) mass is 330 g/mol. The van der Waals surface area contributed by atoms with Gasteiger partial charge in [-0.15, -0.1) is 11.3 Å². The number of hydrogen-bond donors (Lipinski definition) is 2. The lowest BCUT2D eigenvalue weighted by atomic mass is 9.83. The van der Waals surface area contributed by atoms with E-state index in [1.165, 1.54) is 24.2 Å². The van der Waals surface area contributed by atoms with Crippen molar-refractivity contribution >= 4 is 21.4 Å². The van der Waals surface area contributed by atoms with Gasteiger partial charge < -0.3 is 5.32 Å². The van der Waals surface area contributed by atoms with Crippen LogP contribution in [0.2, 0.25) is 0 Å². The van der Waals surface area contributed by atoms with E-state index in [1.54, 1.807) is 6.07 Å². The van der Waals surface area contributed by atoms with Crippen LogP contribution in [0.5, 0.6) is 0 Å². The fraction of sp³-hybridized carbons (Fsp3) is 0.733. The molecule has 6 heteroatoms. The van der Waals surface area contributed by atoms with Gasteiger partial charge in [0.05, 0.1) is 0 Å². The number of thiophene rings is 1. The van der Waals surface area contributed by atoms with Crippen LogP contribution >= 0.6 is 11.3 Å². The van der Waals surface area contributed by atoms with E-state index in [9.17, 15) is 8.42 Å². The molecule has 1 fully saturated rings. The summed E-state index contributed by atoms with van der Waals surface area (Å²) in [7, 11) is -3.34. The summed E-state index contributed by atoms with van der Waals surface area (Å²) in [5.74, 6) is 1.21. The Morgan fingerprint density at radius 1 is 1.38 bits per heavy atom. The first kappa shape index (κ1) is 16.9. The number of sulfonamides is 1. The lowest BCUT2D eigenvalue weighted by molar-refractivity contribution is 0.283. The van der Waals surface area contributed by atoms with Crippen LogP contribution in [0.3, 0.4) is 0 Å². The quantitative estimate of drug-likeness (QED) is 0.808. The molecule has 0 aliphatic heterocycles. The van der Waals surface area contributed by atoms with Gasteiger partial charge in [-0.3, -0.25) is 0 Å². The Morgan fingerprint density at radius 3 is 2.90 bits per heavy atom. The van der Waals surface area contributed by atoms with E-state index in [1.807, 2.05) is 12.3 Å². The molecule has 0 aromatic carbocycles. The van der Waals surface area contributed by atoms with Crippen molar-refractivity contribution in [3.8, 4) is 0 Å². The zero-order chi connectivity index (χ0) is 15.3. The van der Waals surface area contributed by atoms with Gasteiger partial charge in [0.2, 0.25) is 10.0 Å². The number of rotatable bonds is 7. The second-order valence-electron chi connectivity index (χ2n) is 6.04. The van der Waals surface area contributed by atoms with Crippen LogP contribution in [-0.4, -0.2) is 21.5 Å². The third kappa shape index (κ3) is 5.06. The van der Waals surface area contributed by atoms with Crippen LogP contribution < -0.4 is 10.0 Å². The maximum Gasteiger partial charge on any atom is 0.250 e. The van der Waals surface area contributed by atoms with E-state index in [0.29, 0.717) is 16.7 Å². The highest BCUT2D eigenvalue weighted by Gasteiger charge is 2.22. The molecule has 0 saturated heterocycles. The van der Waals surface area contributed by atoms with E-state index in [2.05, 4.69) is 17.0 Å². The van der Waals surface area contributed by atoms with Gasteiger partial charge in [0, 0.05) is 13.1 Å². The molecule has 1 aromatic rings. The molecule has 2 N–H and O–H groups in total. The highest BCUT2D eigenvalue weighted by molar-refractivity contribution is 7.91. The first-order chi connectivity index (χ1) is 10.0. The summed E-state index contributed by atoms with van der Waals surface area (Å²) >= 11 is 1.30. The van der Waals surface area contributed by atoms with Crippen LogP contribution in [0.25, 0.3) is 0 Å². The van der Waals surface area contributed by atoms with Gasteiger partial charge in [-0.05, 0) is 48.2 Å². The Balaban J connectivity index is 1.90. The van der Waals surface area contributed by atoms with Crippen molar-refractivity contribution in [3.05, 3.63) is 17.0 Å². The molecule has 21 heavy (non-hydrogen) atoms. The molecular weight excluding hydrogens is 304 g/mol. The maximum absolute atomic E-state index is 12.3. The van der Waals surface area contributed by atoms with Crippen molar-refractivity contribution in [2.75, 3.05) is 13.1 Å². The highest BCUT2D eigenvalue weighted by Crippen LogP contribution is 2.28. The Kier molecular flexibility index (Phi) is 6.22. The molecule has 0 spiro atoms. The van der Waals surface area contributed by atoms with Crippen molar-refractivity contribution in [1.29, 1.82) is 0 Å². The van der Waals surface area contributed by atoms with Crippen LogP contribution in [-0.2, 0) is 16.6 Å². The predicted octanol–water partition coefficient (Wildman–Crippen LogP) is 2.96. The van der Waals surface area contributed by atoms with Gasteiger partial charge in [-0.1, -0.05) is 26.7 Å². The lowest BCUT2D eigenvalue weighted by Gasteiger charge is -2.26. The molecule has 1 heterocycles. The highest BCUT2D eigenvalue weighted by atomic mass is 32.2. The summed E-state index contributed by atoms with van der Waals surface area (Å²) in [5, 5.41) is 5.13. The zero-order valence-corrected chi connectivity index (χ0v) is 14.5. The molecule has 0 bridgehead atoms.